The van der Waals surface area contributed by atoms with Crippen LogP contribution in [0.5, 0.6) is 5.75 Å². The predicted molar refractivity (Wildman–Crippen MR) is 92.7 cm³/mol. The van der Waals surface area contributed by atoms with Gasteiger partial charge in [-0.3, -0.25) is 9.36 Å². The highest BCUT2D eigenvalue weighted by Crippen LogP contribution is 2.13. The molecule has 3 rings (SSSR count). The molecule has 0 saturated heterocycles. The first-order chi connectivity index (χ1) is 12.1. The first-order valence-corrected chi connectivity index (χ1v) is 8.07. The number of carbonyl (C=O) groups is 1. The Bertz CT molecular complexity index is 925. The lowest BCUT2D eigenvalue weighted by atomic mass is 10.2. The number of aromatic nitrogens is 1. The van der Waals surface area contributed by atoms with Crippen molar-refractivity contribution in [2.75, 3.05) is 13.2 Å². The Morgan fingerprint density at radius 3 is 2.80 bits per heavy atom. The standard InChI is InChI=1S/C19H19NO5/c1-14-5-4-6-15(13-14)23-11-12-24-18(21)9-10-20-16-7-2-3-8-17(16)25-19(20)22/h2-8,13H,9-12H2,1H3. The second-order valence-electron chi connectivity index (χ2n) is 5.62. The fourth-order valence-corrected chi connectivity index (χ4v) is 2.52. The fraction of sp³-hybridized carbons (Fsp3) is 0.263. The Hall–Kier alpha value is -3.02. The number of rotatable bonds is 7. The van der Waals surface area contributed by atoms with E-state index in [0.717, 1.165) is 11.3 Å². The molecule has 0 fully saturated rings. The zero-order valence-corrected chi connectivity index (χ0v) is 13.9. The summed E-state index contributed by atoms with van der Waals surface area (Å²) in [5.41, 5.74) is 2.28. The van der Waals surface area contributed by atoms with Gasteiger partial charge in [0.25, 0.3) is 0 Å². The topological polar surface area (TPSA) is 70.7 Å². The molecule has 2 aromatic carbocycles. The van der Waals surface area contributed by atoms with E-state index in [1.165, 1.54) is 4.57 Å². The summed E-state index contributed by atoms with van der Waals surface area (Å²) in [6.07, 6.45) is 0.0912. The van der Waals surface area contributed by atoms with Crippen LogP contribution >= 0.6 is 0 Å². The van der Waals surface area contributed by atoms with Gasteiger partial charge in [-0.1, -0.05) is 24.3 Å². The molecule has 1 heterocycles. The third-order valence-electron chi connectivity index (χ3n) is 3.72. The highest BCUT2D eigenvalue weighted by Gasteiger charge is 2.11. The lowest BCUT2D eigenvalue weighted by Gasteiger charge is -2.08. The SMILES string of the molecule is Cc1cccc(OCCOC(=O)CCn2c(=O)oc3ccccc32)c1. The van der Waals surface area contributed by atoms with Gasteiger partial charge in [-0.25, -0.2) is 4.79 Å². The van der Waals surface area contributed by atoms with Crippen molar-refractivity contribution in [2.24, 2.45) is 0 Å². The average molecular weight is 341 g/mol. The van der Waals surface area contributed by atoms with Crippen LogP contribution < -0.4 is 10.5 Å². The van der Waals surface area contributed by atoms with Crippen LogP contribution in [0.25, 0.3) is 11.1 Å². The van der Waals surface area contributed by atoms with Crippen molar-refractivity contribution in [1.29, 1.82) is 0 Å². The maximum Gasteiger partial charge on any atom is 0.419 e. The van der Waals surface area contributed by atoms with Gasteiger partial charge < -0.3 is 13.9 Å². The van der Waals surface area contributed by atoms with Gasteiger partial charge in [0.05, 0.1) is 11.9 Å². The summed E-state index contributed by atoms with van der Waals surface area (Å²) >= 11 is 0. The van der Waals surface area contributed by atoms with Crippen molar-refractivity contribution in [3.63, 3.8) is 0 Å². The number of ether oxygens (including phenoxy) is 2. The average Bonchev–Trinajstić information content (AvgIpc) is 2.92. The first kappa shape index (κ1) is 16.8. The lowest BCUT2D eigenvalue weighted by molar-refractivity contribution is -0.144. The molecule has 0 atom stereocenters. The second kappa shape index (κ2) is 7.70. The molecule has 0 aliphatic heterocycles. The van der Waals surface area contributed by atoms with E-state index in [1.807, 2.05) is 37.3 Å². The Morgan fingerprint density at radius 2 is 1.96 bits per heavy atom. The van der Waals surface area contributed by atoms with Crippen molar-refractivity contribution in [1.82, 2.24) is 4.57 Å². The van der Waals surface area contributed by atoms with E-state index >= 15 is 0 Å². The molecular formula is C19H19NO5. The summed E-state index contributed by atoms with van der Waals surface area (Å²) in [6, 6.07) is 14.8. The minimum Gasteiger partial charge on any atom is -0.490 e. The lowest BCUT2D eigenvalue weighted by Crippen LogP contribution is -2.18. The third-order valence-corrected chi connectivity index (χ3v) is 3.72. The fourth-order valence-electron chi connectivity index (χ4n) is 2.52. The number of esters is 1. The van der Waals surface area contributed by atoms with Crippen LogP contribution in [0.15, 0.2) is 57.7 Å². The van der Waals surface area contributed by atoms with E-state index in [4.69, 9.17) is 13.9 Å². The van der Waals surface area contributed by atoms with E-state index in [1.54, 1.807) is 18.2 Å². The minimum absolute atomic E-state index is 0.0912. The maximum atomic E-state index is 11.8. The van der Waals surface area contributed by atoms with E-state index in [-0.39, 0.29) is 32.1 Å². The van der Waals surface area contributed by atoms with Gasteiger partial charge in [-0.05, 0) is 36.8 Å². The van der Waals surface area contributed by atoms with Crippen molar-refractivity contribution in [3.8, 4) is 5.75 Å². The summed E-state index contributed by atoms with van der Waals surface area (Å²) in [5, 5.41) is 0. The minimum atomic E-state index is -0.475. The molecule has 3 aromatic rings. The van der Waals surface area contributed by atoms with Crippen LogP contribution in [-0.2, 0) is 16.1 Å². The summed E-state index contributed by atoms with van der Waals surface area (Å²) in [5.74, 6) is -0.116. The Balaban J connectivity index is 1.45. The van der Waals surface area contributed by atoms with Crippen LogP contribution in [0.1, 0.15) is 12.0 Å². The third kappa shape index (κ3) is 4.29. The zero-order valence-electron chi connectivity index (χ0n) is 13.9. The van der Waals surface area contributed by atoms with Crippen LogP contribution in [0.4, 0.5) is 0 Å². The van der Waals surface area contributed by atoms with Gasteiger partial charge in [0.15, 0.2) is 5.58 Å². The Labute approximate surface area is 144 Å². The van der Waals surface area contributed by atoms with Gasteiger partial charge in [0.1, 0.15) is 19.0 Å². The molecule has 0 bridgehead atoms. The molecule has 6 nitrogen and oxygen atoms in total. The molecule has 130 valence electrons. The molecule has 0 amide bonds. The largest absolute Gasteiger partial charge is 0.490 e. The van der Waals surface area contributed by atoms with Crippen molar-refractivity contribution < 1.29 is 18.7 Å². The highest BCUT2D eigenvalue weighted by molar-refractivity contribution is 5.73. The molecule has 1 aromatic heterocycles. The summed E-state index contributed by atoms with van der Waals surface area (Å²) < 4.78 is 17.2. The van der Waals surface area contributed by atoms with Crippen molar-refractivity contribution in [3.05, 3.63) is 64.6 Å². The predicted octanol–water partition coefficient (Wildman–Crippen LogP) is 2.92. The number of hydrogen-bond donors (Lipinski definition) is 0. The molecule has 6 heteroatoms. The Morgan fingerprint density at radius 1 is 1.12 bits per heavy atom. The van der Waals surface area contributed by atoms with Gasteiger partial charge in [-0.15, -0.1) is 0 Å². The zero-order chi connectivity index (χ0) is 17.6. The quantitative estimate of drug-likeness (QED) is 0.488. The molecule has 0 saturated carbocycles. The number of para-hydroxylation sites is 2. The first-order valence-electron chi connectivity index (χ1n) is 8.07. The van der Waals surface area contributed by atoms with Crippen molar-refractivity contribution in [2.45, 2.75) is 19.9 Å². The molecule has 0 aliphatic carbocycles. The highest BCUT2D eigenvalue weighted by atomic mass is 16.6. The van der Waals surface area contributed by atoms with Crippen LogP contribution in [0.2, 0.25) is 0 Å². The Kier molecular flexibility index (Phi) is 5.18. The number of benzene rings is 2. The molecule has 0 radical (unpaired) electrons. The van der Waals surface area contributed by atoms with E-state index in [0.29, 0.717) is 11.1 Å². The molecule has 0 spiro atoms. The number of fused-ring (bicyclic) bond motifs is 1. The number of nitrogens with zero attached hydrogens (tertiary/aromatic N) is 1. The number of carbonyl (C=O) groups excluding carboxylic acids is 1. The van der Waals surface area contributed by atoms with Crippen molar-refractivity contribution >= 4 is 17.1 Å². The van der Waals surface area contributed by atoms with E-state index < -0.39 is 5.76 Å². The number of hydrogen-bond acceptors (Lipinski definition) is 5. The normalized spacial score (nSPS) is 10.8. The molecule has 25 heavy (non-hydrogen) atoms. The van der Waals surface area contributed by atoms with Gasteiger partial charge in [0.2, 0.25) is 0 Å². The van der Waals surface area contributed by atoms with E-state index in [9.17, 15) is 9.59 Å². The van der Waals surface area contributed by atoms with Gasteiger partial charge >= 0.3 is 11.7 Å². The number of aryl methyl sites for hydroxylation is 2. The second-order valence-corrected chi connectivity index (χ2v) is 5.62. The van der Waals surface area contributed by atoms with Gasteiger partial charge in [-0.2, -0.15) is 0 Å². The monoisotopic (exact) mass is 341 g/mol. The van der Waals surface area contributed by atoms with Gasteiger partial charge in [0, 0.05) is 6.54 Å². The summed E-state index contributed by atoms with van der Waals surface area (Å²) in [6.45, 7) is 2.64. The summed E-state index contributed by atoms with van der Waals surface area (Å²) in [7, 11) is 0. The van der Waals surface area contributed by atoms with Crippen LogP contribution in [0, 0.1) is 6.92 Å². The number of oxazole rings is 1. The van der Waals surface area contributed by atoms with Crippen LogP contribution in [0.3, 0.4) is 0 Å². The molecule has 0 N–H and O–H groups in total. The smallest absolute Gasteiger partial charge is 0.419 e. The van der Waals surface area contributed by atoms with Crippen LogP contribution in [-0.4, -0.2) is 23.8 Å². The molecule has 0 aliphatic rings. The van der Waals surface area contributed by atoms with E-state index in [2.05, 4.69) is 0 Å². The summed E-state index contributed by atoms with van der Waals surface area (Å²) in [4.78, 5) is 23.6. The maximum absolute atomic E-state index is 11.8. The molecule has 0 unspecified atom stereocenters. The molecular weight excluding hydrogens is 322 g/mol.